The molecule has 1 amide bonds. The van der Waals surface area contributed by atoms with Gasteiger partial charge in [0.1, 0.15) is 0 Å². The summed E-state index contributed by atoms with van der Waals surface area (Å²) < 4.78 is 0. The van der Waals surface area contributed by atoms with Crippen LogP contribution in [0.1, 0.15) is 22.8 Å². The van der Waals surface area contributed by atoms with Gasteiger partial charge in [-0.05, 0) is 60.7 Å². The van der Waals surface area contributed by atoms with Crippen LogP contribution in [0.15, 0.2) is 52.4 Å². The molecule has 0 atom stereocenters. The molecule has 1 saturated heterocycles. The number of carboxylic acids is 1. The van der Waals surface area contributed by atoms with Crippen molar-refractivity contribution in [3.8, 4) is 0 Å². The maximum absolute atomic E-state index is 12.7. The van der Waals surface area contributed by atoms with Crippen LogP contribution in [0, 0.1) is 0 Å². The van der Waals surface area contributed by atoms with Gasteiger partial charge in [-0.2, -0.15) is 0 Å². The molecule has 0 aliphatic carbocycles. The summed E-state index contributed by atoms with van der Waals surface area (Å²) in [6.45, 7) is 2.30. The van der Waals surface area contributed by atoms with Gasteiger partial charge in [-0.15, -0.1) is 0 Å². The number of aromatic carboxylic acids is 1. The smallest absolute Gasteiger partial charge is 0.335 e. The third-order valence-electron chi connectivity index (χ3n) is 3.76. The highest BCUT2D eigenvalue weighted by Gasteiger charge is 2.32. The maximum atomic E-state index is 12.7. The number of likely N-dealkylation sites (N-methyl/N-ethyl adjacent to an activating group) is 1. The van der Waals surface area contributed by atoms with Crippen molar-refractivity contribution in [1.82, 2.24) is 4.90 Å². The molecule has 2 aromatic rings. The Balaban J connectivity index is 1.94. The first kappa shape index (κ1) is 19.5. The maximum Gasteiger partial charge on any atom is 0.335 e. The van der Waals surface area contributed by atoms with Crippen LogP contribution < -0.4 is 0 Å². The number of amidine groups is 1. The largest absolute Gasteiger partial charge is 0.478 e. The van der Waals surface area contributed by atoms with Gasteiger partial charge in [0.15, 0.2) is 5.17 Å². The summed E-state index contributed by atoms with van der Waals surface area (Å²) in [5.41, 5.74) is 1.37. The van der Waals surface area contributed by atoms with E-state index >= 15 is 0 Å². The monoisotopic (exact) mass is 420 g/mol. The lowest BCUT2D eigenvalue weighted by molar-refractivity contribution is -0.122. The van der Waals surface area contributed by atoms with Crippen molar-refractivity contribution in [3.63, 3.8) is 0 Å². The highest BCUT2D eigenvalue weighted by molar-refractivity contribution is 8.18. The molecule has 2 aromatic carbocycles. The number of benzene rings is 2. The number of amides is 1. The van der Waals surface area contributed by atoms with Crippen LogP contribution in [-0.4, -0.2) is 33.6 Å². The fourth-order valence-electron chi connectivity index (χ4n) is 2.44. The Hall–Kier alpha value is -2.28. The number of nitrogens with zero attached hydrogens (tertiary/aromatic N) is 2. The number of thioether (sulfide) groups is 1. The average molecular weight is 421 g/mol. The minimum Gasteiger partial charge on any atom is -0.478 e. The van der Waals surface area contributed by atoms with Crippen molar-refractivity contribution < 1.29 is 14.7 Å². The van der Waals surface area contributed by atoms with E-state index < -0.39 is 5.97 Å². The molecular formula is C19H14Cl2N2O3S. The molecule has 138 valence electrons. The van der Waals surface area contributed by atoms with E-state index in [9.17, 15) is 9.59 Å². The van der Waals surface area contributed by atoms with E-state index in [1.54, 1.807) is 41.3 Å². The third kappa shape index (κ3) is 4.35. The summed E-state index contributed by atoms with van der Waals surface area (Å²) in [5.74, 6) is -1.19. The van der Waals surface area contributed by atoms with Crippen LogP contribution >= 0.6 is 35.0 Å². The standard InChI is InChI=1S/C19H14Cl2N2O3S/c1-2-23-17(24)16(9-11-6-7-14(20)15(21)8-11)27-19(23)22-13-5-3-4-12(10-13)18(25)26/h3-10H,2H2,1H3,(H,25,26)/b16-9-,22-19?. The molecule has 0 bridgehead atoms. The SMILES string of the molecule is CCN1C(=O)/C(=C/c2ccc(Cl)c(Cl)c2)SC1=Nc1cccc(C(=O)O)c1. The summed E-state index contributed by atoms with van der Waals surface area (Å²) in [5, 5.41) is 10.5. The first-order valence-electron chi connectivity index (χ1n) is 7.97. The zero-order valence-electron chi connectivity index (χ0n) is 14.1. The predicted octanol–water partition coefficient (Wildman–Crippen LogP) is 5.32. The molecule has 0 aromatic heterocycles. The quantitative estimate of drug-likeness (QED) is 0.679. The Morgan fingerprint density at radius 1 is 1.22 bits per heavy atom. The summed E-state index contributed by atoms with van der Waals surface area (Å²) >= 11 is 13.2. The second-order valence-electron chi connectivity index (χ2n) is 5.58. The molecule has 1 fully saturated rings. The van der Waals surface area contributed by atoms with Crippen molar-refractivity contribution in [1.29, 1.82) is 0 Å². The lowest BCUT2D eigenvalue weighted by Gasteiger charge is -2.12. The van der Waals surface area contributed by atoms with Crippen LogP contribution in [0.2, 0.25) is 10.0 Å². The van der Waals surface area contributed by atoms with E-state index in [1.807, 2.05) is 6.92 Å². The number of aliphatic imine (C=N–C) groups is 1. The van der Waals surface area contributed by atoms with Gasteiger partial charge in [-0.1, -0.05) is 35.3 Å². The number of carbonyl (C=O) groups excluding carboxylic acids is 1. The van der Waals surface area contributed by atoms with E-state index in [4.69, 9.17) is 28.3 Å². The molecule has 1 heterocycles. The second kappa shape index (κ2) is 8.17. The number of rotatable bonds is 4. The molecule has 0 radical (unpaired) electrons. The lowest BCUT2D eigenvalue weighted by Crippen LogP contribution is -2.28. The van der Waals surface area contributed by atoms with Crippen molar-refractivity contribution in [2.45, 2.75) is 6.92 Å². The minimum absolute atomic E-state index is 0.140. The molecule has 8 heteroatoms. The number of hydrogen-bond acceptors (Lipinski definition) is 4. The Morgan fingerprint density at radius 3 is 2.67 bits per heavy atom. The fraction of sp³-hybridized carbons (Fsp3) is 0.105. The Labute approximate surface area is 170 Å². The highest BCUT2D eigenvalue weighted by Crippen LogP contribution is 2.35. The highest BCUT2D eigenvalue weighted by atomic mass is 35.5. The van der Waals surface area contributed by atoms with Crippen LogP contribution in [0.4, 0.5) is 5.69 Å². The van der Waals surface area contributed by atoms with E-state index in [0.29, 0.717) is 32.4 Å². The van der Waals surface area contributed by atoms with Crippen molar-refractivity contribution >= 4 is 63.8 Å². The third-order valence-corrected chi connectivity index (χ3v) is 5.51. The molecule has 1 aliphatic rings. The van der Waals surface area contributed by atoms with Crippen LogP contribution in [0.25, 0.3) is 6.08 Å². The van der Waals surface area contributed by atoms with Gasteiger partial charge in [0, 0.05) is 6.54 Å². The van der Waals surface area contributed by atoms with Gasteiger partial charge < -0.3 is 5.11 Å². The summed E-state index contributed by atoms with van der Waals surface area (Å²) in [6.07, 6.45) is 1.73. The molecule has 27 heavy (non-hydrogen) atoms. The van der Waals surface area contributed by atoms with E-state index in [0.717, 1.165) is 5.56 Å². The Bertz CT molecular complexity index is 989. The molecular weight excluding hydrogens is 407 g/mol. The van der Waals surface area contributed by atoms with Gasteiger partial charge in [-0.3, -0.25) is 9.69 Å². The van der Waals surface area contributed by atoms with Crippen LogP contribution in [-0.2, 0) is 4.79 Å². The topological polar surface area (TPSA) is 70.0 Å². The van der Waals surface area contributed by atoms with Crippen LogP contribution in [0.3, 0.4) is 0 Å². The molecule has 0 spiro atoms. The number of carbonyl (C=O) groups is 2. The van der Waals surface area contributed by atoms with E-state index in [-0.39, 0.29) is 11.5 Å². The summed E-state index contributed by atoms with van der Waals surface area (Å²) in [4.78, 5) is 30.3. The predicted molar refractivity (Wildman–Crippen MR) is 110 cm³/mol. The minimum atomic E-state index is -1.03. The van der Waals surface area contributed by atoms with Crippen molar-refractivity contribution in [2.24, 2.45) is 4.99 Å². The molecule has 5 nitrogen and oxygen atoms in total. The number of halogens is 2. The number of hydrogen-bond donors (Lipinski definition) is 1. The molecule has 1 aliphatic heterocycles. The van der Waals surface area contributed by atoms with Gasteiger partial charge >= 0.3 is 5.97 Å². The van der Waals surface area contributed by atoms with Crippen molar-refractivity contribution in [3.05, 3.63) is 68.5 Å². The lowest BCUT2D eigenvalue weighted by atomic mass is 10.2. The molecule has 1 N–H and O–H groups in total. The van der Waals surface area contributed by atoms with Crippen LogP contribution in [0.5, 0.6) is 0 Å². The summed E-state index contributed by atoms with van der Waals surface area (Å²) in [6, 6.07) is 11.4. The van der Waals surface area contributed by atoms with Gasteiger partial charge in [0.05, 0.1) is 26.2 Å². The summed E-state index contributed by atoms with van der Waals surface area (Å²) in [7, 11) is 0. The normalized spacial score (nSPS) is 17.1. The Kier molecular flexibility index (Phi) is 5.89. The molecule has 0 saturated carbocycles. The average Bonchev–Trinajstić information content (AvgIpc) is 2.93. The molecule has 0 unspecified atom stereocenters. The molecule has 3 rings (SSSR count). The first-order valence-corrected chi connectivity index (χ1v) is 9.55. The second-order valence-corrected chi connectivity index (χ2v) is 7.41. The van der Waals surface area contributed by atoms with E-state index in [1.165, 1.54) is 23.9 Å². The fourth-order valence-corrected chi connectivity index (χ4v) is 3.81. The van der Waals surface area contributed by atoms with Gasteiger partial charge in [0.2, 0.25) is 0 Å². The Morgan fingerprint density at radius 2 is 2.00 bits per heavy atom. The van der Waals surface area contributed by atoms with Gasteiger partial charge in [-0.25, -0.2) is 9.79 Å². The number of carboxylic acid groups (broad SMARTS) is 1. The van der Waals surface area contributed by atoms with Crippen molar-refractivity contribution in [2.75, 3.05) is 6.54 Å². The zero-order valence-corrected chi connectivity index (χ0v) is 16.5. The van der Waals surface area contributed by atoms with E-state index in [2.05, 4.69) is 4.99 Å². The first-order chi connectivity index (χ1) is 12.9. The van der Waals surface area contributed by atoms with Gasteiger partial charge in [0.25, 0.3) is 5.91 Å². The zero-order chi connectivity index (χ0) is 19.6.